The van der Waals surface area contributed by atoms with Gasteiger partial charge in [0.25, 0.3) is 0 Å². The van der Waals surface area contributed by atoms with Crippen LogP contribution in [-0.4, -0.2) is 16.1 Å². The molecule has 0 bridgehead atoms. The van der Waals surface area contributed by atoms with Crippen LogP contribution in [-0.2, 0) is 11.2 Å². The van der Waals surface area contributed by atoms with Crippen molar-refractivity contribution in [3.05, 3.63) is 29.7 Å². The van der Waals surface area contributed by atoms with E-state index in [1.165, 1.54) is 5.56 Å². The van der Waals surface area contributed by atoms with Crippen LogP contribution in [0.2, 0.25) is 0 Å². The Labute approximate surface area is 106 Å². The summed E-state index contributed by atoms with van der Waals surface area (Å²) in [5, 5.41) is 8.53. The van der Waals surface area contributed by atoms with E-state index in [1.54, 1.807) is 0 Å². The third kappa shape index (κ3) is 3.32. The van der Waals surface area contributed by atoms with Crippen molar-refractivity contribution in [1.82, 2.24) is 4.98 Å². The van der Waals surface area contributed by atoms with Gasteiger partial charge in [0.2, 0.25) is 0 Å². The first-order chi connectivity index (χ1) is 8.65. The number of aromatic nitrogens is 1. The molecule has 0 atom stereocenters. The number of unbranched alkanes of at least 4 members (excludes halogenated alkanes) is 2. The molecule has 1 heterocycles. The van der Waals surface area contributed by atoms with Crippen molar-refractivity contribution in [1.29, 1.82) is 0 Å². The molecule has 0 spiro atoms. The van der Waals surface area contributed by atoms with Crippen LogP contribution in [0.3, 0.4) is 0 Å². The second-order valence-corrected chi connectivity index (χ2v) is 4.49. The van der Waals surface area contributed by atoms with Crippen molar-refractivity contribution in [2.24, 2.45) is 0 Å². The highest BCUT2D eigenvalue weighted by Gasteiger charge is 2.03. The molecule has 0 fully saturated rings. The fourth-order valence-electron chi connectivity index (χ4n) is 2.02. The quantitative estimate of drug-likeness (QED) is 0.795. The van der Waals surface area contributed by atoms with E-state index >= 15 is 0 Å². The predicted octanol–water partition coefficient (Wildman–Crippen LogP) is 3.32. The van der Waals surface area contributed by atoms with Crippen LogP contribution in [0.15, 0.2) is 22.6 Å². The van der Waals surface area contributed by atoms with E-state index < -0.39 is 5.97 Å². The molecule has 0 amide bonds. The largest absolute Gasteiger partial charge is 0.481 e. The summed E-state index contributed by atoms with van der Waals surface area (Å²) in [4.78, 5) is 14.6. The number of carbonyl (C=O) groups is 1. The maximum absolute atomic E-state index is 10.4. The van der Waals surface area contributed by atoms with Crippen LogP contribution < -0.4 is 0 Å². The minimum Gasteiger partial charge on any atom is -0.481 e. The average molecular weight is 247 g/mol. The van der Waals surface area contributed by atoms with Gasteiger partial charge in [-0.3, -0.25) is 4.79 Å². The summed E-state index contributed by atoms with van der Waals surface area (Å²) in [7, 11) is 0. The van der Waals surface area contributed by atoms with E-state index in [9.17, 15) is 4.79 Å². The van der Waals surface area contributed by atoms with Crippen LogP contribution in [0.5, 0.6) is 0 Å². The minimum absolute atomic E-state index is 0.264. The van der Waals surface area contributed by atoms with Crippen LogP contribution in [0.25, 0.3) is 11.1 Å². The van der Waals surface area contributed by atoms with Crippen molar-refractivity contribution in [3.8, 4) is 0 Å². The number of aryl methyl sites for hydroxylation is 2. The molecule has 0 radical (unpaired) electrons. The Bertz CT molecular complexity index is 545. The molecule has 0 aliphatic carbocycles. The third-order valence-corrected chi connectivity index (χ3v) is 2.92. The third-order valence-electron chi connectivity index (χ3n) is 2.92. The lowest BCUT2D eigenvalue weighted by Gasteiger charge is -2.00. The van der Waals surface area contributed by atoms with Gasteiger partial charge in [-0.05, 0) is 37.0 Å². The second kappa shape index (κ2) is 5.67. The monoisotopic (exact) mass is 247 g/mol. The molecule has 0 aliphatic heterocycles. The van der Waals surface area contributed by atoms with Crippen LogP contribution in [0.4, 0.5) is 0 Å². The number of nitrogens with zero attached hydrogens (tertiary/aromatic N) is 1. The maximum atomic E-state index is 10.4. The van der Waals surface area contributed by atoms with Gasteiger partial charge in [-0.2, -0.15) is 0 Å². The molecular formula is C14H17NO3. The maximum Gasteiger partial charge on any atom is 0.303 e. The van der Waals surface area contributed by atoms with Crippen LogP contribution >= 0.6 is 0 Å². The number of carboxylic acids is 1. The number of rotatable bonds is 6. The lowest BCUT2D eigenvalue weighted by atomic mass is 10.1. The first-order valence-corrected chi connectivity index (χ1v) is 6.23. The van der Waals surface area contributed by atoms with Crippen LogP contribution in [0, 0.1) is 6.92 Å². The van der Waals surface area contributed by atoms with Crippen molar-refractivity contribution < 1.29 is 14.3 Å². The van der Waals surface area contributed by atoms with Crippen molar-refractivity contribution in [2.45, 2.75) is 39.0 Å². The molecule has 0 unspecified atom stereocenters. The van der Waals surface area contributed by atoms with E-state index in [0.29, 0.717) is 5.89 Å². The summed E-state index contributed by atoms with van der Waals surface area (Å²) < 4.78 is 5.48. The summed E-state index contributed by atoms with van der Waals surface area (Å²) in [6.45, 7) is 1.84. The summed E-state index contributed by atoms with van der Waals surface area (Å²) in [6, 6.07) is 6.05. The molecule has 0 saturated carbocycles. The Morgan fingerprint density at radius 3 is 2.94 bits per heavy atom. The number of benzene rings is 1. The molecule has 96 valence electrons. The normalized spacial score (nSPS) is 10.9. The fraction of sp³-hybridized carbons (Fsp3) is 0.429. The summed E-state index contributed by atoms with van der Waals surface area (Å²) >= 11 is 0. The standard InChI is InChI=1S/C14H17NO3/c1-10-15-12-8-7-11(9-13(12)18-10)5-3-2-4-6-14(16)17/h7-9H,2-6H2,1H3,(H,16,17). The Morgan fingerprint density at radius 1 is 1.33 bits per heavy atom. The summed E-state index contributed by atoms with van der Waals surface area (Å²) in [5.41, 5.74) is 2.94. The Kier molecular flexibility index (Phi) is 3.97. The van der Waals surface area contributed by atoms with Crippen molar-refractivity contribution in [2.75, 3.05) is 0 Å². The first-order valence-electron chi connectivity index (χ1n) is 6.23. The van der Waals surface area contributed by atoms with Gasteiger partial charge in [-0.25, -0.2) is 4.98 Å². The first kappa shape index (κ1) is 12.6. The smallest absolute Gasteiger partial charge is 0.303 e. The topological polar surface area (TPSA) is 63.3 Å². The average Bonchev–Trinajstić information content (AvgIpc) is 2.67. The Morgan fingerprint density at radius 2 is 2.17 bits per heavy atom. The molecule has 4 nitrogen and oxygen atoms in total. The Hall–Kier alpha value is -1.84. The number of oxazole rings is 1. The van der Waals surface area contributed by atoms with E-state index in [2.05, 4.69) is 11.1 Å². The van der Waals surface area contributed by atoms with Gasteiger partial charge in [0, 0.05) is 13.3 Å². The molecular weight excluding hydrogens is 230 g/mol. The van der Waals surface area contributed by atoms with E-state index in [-0.39, 0.29) is 6.42 Å². The number of aliphatic carboxylic acids is 1. The molecule has 1 aromatic heterocycles. The molecule has 0 saturated heterocycles. The molecule has 18 heavy (non-hydrogen) atoms. The zero-order chi connectivity index (χ0) is 13.0. The minimum atomic E-state index is -0.714. The van der Waals surface area contributed by atoms with Gasteiger partial charge < -0.3 is 9.52 Å². The number of carboxylic acid groups (broad SMARTS) is 1. The fourth-order valence-corrected chi connectivity index (χ4v) is 2.02. The predicted molar refractivity (Wildman–Crippen MR) is 68.6 cm³/mol. The summed E-state index contributed by atoms with van der Waals surface area (Å²) in [5.74, 6) is -0.0304. The zero-order valence-corrected chi connectivity index (χ0v) is 10.5. The highest BCUT2D eigenvalue weighted by atomic mass is 16.4. The molecule has 1 N–H and O–H groups in total. The number of hydrogen-bond donors (Lipinski definition) is 1. The zero-order valence-electron chi connectivity index (χ0n) is 10.5. The molecule has 2 rings (SSSR count). The van der Waals surface area contributed by atoms with Gasteiger partial charge in [0.05, 0.1) is 0 Å². The van der Waals surface area contributed by atoms with Crippen molar-refractivity contribution >= 4 is 17.1 Å². The molecule has 1 aromatic carbocycles. The van der Waals surface area contributed by atoms with E-state index in [4.69, 9.17) is 9.52 Å². The van der Waals surface area contributed by atoms with Crippen LogP contribution in [0.1, 0.15) is 37.1 Å². The van der Waals surface area contributed by atoms with Gasteiger partial charge >= 0.3 is 5.97 Å². The highest BCUT2D eigenvalue weighted by Crippen LogP contribution is 2.18. The molecule has 4 heteroatoms. The van der Waals surface area contributed by atoms with Gasteiger partial charge in [0.15, 0.2) is 11.5 Å². The van der Waals surface area contributed by atoms with E-state index in [1.807, 2.05) is 19.1 Å². The second-order valence-electron chi connectivity index (χ2n) is 4.49. The number of hydrogen-bond acceptors (Lipinski definition) is 3. The number of fused-ring (bicyclic) bond motifs is 1. The Balaban J connectivity index is 1.86. The molecule has 0 aliphatic rings. The SMILES string of the molecule is Cc1nc2ccc(CCCCCC(=O)O)cc2o1. The lowest BCUT2D eigenvalue weighted by molar-refractivity contribution is -0.137. The summed E-state index contributed by atoms with van der Waals surface area (Å²) in [6.07, 6.45) is 3.92. The van der Waals surface area contributed by atoms with E-state index in [0.717, 1.165) is 36.8 Å². The van der Waals surface area contributed by atoms with Gasteiger partial charge in [0.1, 0.15) is 5.52 Å². The lowest BCUT2D eigenvalue weighted by Crippen LogP contribution is -1.94. The highest BCUT2D eigenvalue weighted by molar-refractivity contribution is 5.73. The van der Waals surface area contributed by atoms with Crippen molar-refractivity contribution in [3.63, 3.8) is 0 Å². The molecule has 2 aromatic rings. The van der Waals surface area contributed by atoms with Gasteiger partial charge in [-0.15, -0.1) is 0 Å². The van der Waals surface area contributed by atoms with Gasteiger partial charge in [-0.1, -0.05) is 12.5 Å².